The molecule has 0 radical (unpaired) electrons. The van der Waals surface area contributed by atoms with Crippen LogP contribution < -0.4 is 5.32 Å². The number of nitro groups is 1. The molecule has 6 nitrogen and oxygen atoms in total. The van der Waals surface area contributed by atoms with E-state index in [1.165, 1.54) is 12.1 Å². The average Bonchev–Trinajstić information content (AvgIpc) is 2.55. The van der Waals surface area contributed by atoms with E-state index < -0.39 is 10.6 Å². The Bertz CT molecular complexity index is 790. The van der Waals surface area contributed by atoms with Gasteiger partial charge in [0, 0.05) is 29.9 Å². The van der Waals surface area contributed by atoms with Crippen molar-refractivity contribution in [3.63, 3.8) is 0 Å². The first-order chi connectivity index (χ1) is 11.0. The van der Waals surface area contributed by atoms with Crippen LogP contribution in [0, 0.1) is 10.1 Å². The molecule has 1 amide bonds. The molecule has 1 aliphatic heterocycles. The Morgan fingerprint density at radius 2 is 1.96 bits per heavy atom. The second-order valence-corrected chi connectivity index (χ2v) is 5.60. The molecule has 6 heteroatoms. The predicted octanol–water partition coefficient (Wildman–Crippen LogP) is 3.36. The topological polar surface area (TPSA) is 75.5 Å². The number of nitrogens with one attached hydrogen (secondary N) is 1. The highest BCUT2D eigenvalue weighted by molar-refractivity contribution is 6.02. The number of benzene rings is 2. The van der Waals surface area contributed by atoms with Gasteiger partial charge in [-0.15, -0.1) is 0 Å². The molecule has 0 spiro atoms. The lowest BCUT2D eigenvalue weighted by Crippen LogP contribution is -2.55. The summed E-state index contributed by atoms with van der Waals surface area (Å²) in [5.41, 5.74) is 1.18. The summed E-state index contributed by atoms with van der Waals surface area (Å²) in [7, 11) is 0. The minimum absolute atomic E-state index is 0.00730. The van der Waals surface area contributed by atoms with Crippen molar-refractivity contribution in [3.8, 4) is 0 Å². The Morgan fingerprint density at radius 3 is 2.65 bits per heavy atom. The number of hydrogen-bond donors (Lipinski definition) is 1. The molecule has 118 valence electrons. The molecule has 0 fully saturated rings. The predicted molar refractivity (Wildman–Crippen MR) is 87.2 cm³/mol. The SMILES string of the molecule is CCN1C(=O)c2ccccc2NC1(C)c1cccc([N+](=O)[O-])c1. The minimum Gasteiger partial charge on any atom is -0.358 e. The Balaban J connectivity index is 2.15. The molecule has 1 aliphatic rings. The Kier molecular flexibility index (Phi) is 3.52. The molecule has 1 heterocycles. The van der Waals surface area contributed by atoms with Crippen molar-refractivity contribution in [2.75, 3.05) is 11.9 Å². The van der Waals surface area contributed by atoms with Crippen molar-refractivity contribution in [2.24, 2.45) is 0 Å². The largest absolute Gasteiger partial charge is 0.358 e. The van der Waals surface area contributed by atoms with Gasteiger partial charge in [0.1, 0.15) is 5.66 Å². The van der Waals surface area contributed by atoms with Crippen LogP contribution in [0.15, 0.2) is 48.5 Å². The molecular weight excluding hydrogens is 294 g/mol. The number of rotatable bonds is 3. The molecule has 0 saturated heterocycles. The lowest BCUT2D eigenvalue weighted by atomic mass is 9.93. The monoisotopic (exact) mass is 311 g/mol. The molecule has 2 aromatic carbocycles. The third-order valence-electron chi connectivity index (χ3n) is 4.26. The van der Waals surface area contributed by atoms with Gasteiger partial charge in [-0.05, 0) is 26.0 Å². The fraction of sp³-hybridized carbons (Fsp3) is 0.235. The molecule has 1 N–H and O–H groups in total. The zero-order valence-electron chi connectivity index (χ0n) is 12.9. The van der Waals surface area contributed by atoms with Gasteiger partial charge in [-0.2, -0.15) is 0 Å². The highest BCUT2D eigenvalue weighted by atomic mass is 16.6. The summed E-state index contributed by atoms with van der Waals surface area (Å²) >= 11 is 0. The van der Waals surface area contributed by atoms with Crippen molar-refractivity contribution in [1.29, 1.82) is 0 Å². The Hall–Kier alpha value is -2.89. The van der Waals surface area contributed by atoms with Gasteiger partial charge in [0.2, 0.25) is 0 Å². The van der Waals surface area contributed by atoms with Gasteiger partial charge < -0.3 is 10.2 Å². The molecule has 0 bridgehead atoms. The normalized spacial score (nSPS) is 19.9. The maximum absolute atomic E-state index is 12.8. The van der Waals surface area contributed by atoms with Crippen LogP contribution >= 0.6 is 0 Å². The van der Waals surface area contributed by atoms with Crippen LogP contribution in [-0.2, 0) is 5.66 Å². The first kappa shape index (κ1) is 15.0. The molecule has 23 heavy (non-hydrogen) atoms. The summed E-state index contributed by atoms with van der Waals surface area (Å²) in [5.74, 6) is -0.0872. The van der Waals surface area contributed by atoms with Gasteiger partial charge in [-0.3, -0.25) is 14.9 Å². The van der Waals surface area contributed by atoms with Crippen LogP contribution in [0.1, 0.15) is 29.8 Å². The van der Waals surface area contributed by atoms with E-state index in [4.69, 9.17) is 0 Å². The number of nitrogens with zero attached hydrogens (tertiary/aromatic N) is 2. The number of carbonyl (C=O) groups excluding carboxylic acids is 1. The van der Waals surface area contributed by atoms with Crippen LogP contribution in [0.3, 0.4) is 0 Å². The smallest absolute Gasteiger partial charge is 0.269 e. The van der Waals surface area contributed by atoms with E-state index in [0.717, 1.165) is 5.69 Å². The number of fused-ring (bicyclic) bond motifs is 1. The molecule has 0 aliphatic carbocycles. The lowest BCUT2D eigenvalue weighted by Gasteiger charge is -2.46. The molecule has 0 aromatic heterocycles. The maximum Gasteiger partial charge on any atom is 0.269 e. The van der Waals surface area contributed by atoms with Gasteiger partial charge >= 0.3 is 0 Å². The van der Waals surface area contributed by atoms with Crippen LogP contribution in [0.5, 0.6) is 0 Å². The van der Waals surface area contributed by atoms with Crippen molar-refractivity contribution < 1.29 is 9.72 Å². The zero-order valence-corrected chi connectivity index (χ0v) is 12.9. The van der Waals surface area contributed by atoms with Gasteiger partial charge in [0.05, 0.1) is 10.5 Å². The lowest BCUT2D eigenvalue weighted by molar-refractivity contribution is -0.385. The van der Waals surface area contributed by atoms with Gasteiger partial charge in [0.15, 0.2) is 0 Å². The third-order valence-corrected chi connectivity index (χ3v) is 4.26. The number of hydrogen-bond acceptors (Lipinski definition) is 4. The highest BCUT2D eigenvalue weighted by Gasteiger charge is 2.42. The van der Waals surface area contributed by atoms with E-state index in [-0.39, 0.29) is 11.6 Å². The highest BCUT2D eigenvalue weighted by Crippen LogP contribution is 2.38. The van der Waals surface area contributed by atoms with Crippen molar-refractivity contribution >= 4 is 17.3 Å². The molecule has 1 atom stereocenters. The summed E-state index contributed by atoms with van der Waals surface area (Å²) in [6.07, 6.45) is 0. The number of para-hydroxylation sites is 1. The van der Waals surface area contributed by atoms with E-state index in [1.807, 2.05) is 32.0 Å². The molecular formula is C17H17N3O3. The van der Waals surface area contributed by atoms with Crippen LogP contribution in [0.25, 0.3) is 0 Å². The molecule has 1 unspecified atom stereocenters. The number of non-ortho nitro benzene ring substituents is 1. The Labute approximate surface area is 133 Å². The van der Waals surface area contributed by atoms with Crippen molar-refractivity contribution in [3.05, 3.63) is 69.8 Å². The van der Waals surface area contributed by atoms with Crippen molar-refractivity contribution in [2.45, 2.75) is 19.5 Å². The number of nitro benzene ring substituents is 1. The number of amides is 1. The van der Waals surface area contributed by atoms with Crippen LogP contribution in [-0.4, -0.2) is 22.3 Å². The molecule has 2 aromatic rings. The van der Waals surface area contributed by atoms with Gasteiger partial charge in [-0.25, -0.2) is 0 Å². The second kappa shape index (κ2) is 5.39. The molecule has 3 rings (SSSR count). The van der Waals surface area contributed by atoms with Crippen LogP contribution in [0.4, 0.5) is 11.4 Å². The summed E-state index contributed by atoms with van der Waals surface area (Å²) in [6, 6.07) is 13.7. The van der Waals surface area contributed by atoms with Crippen molar-refractivity contribution in [1.82, 2.24) is 4.90 Å². The Morgan fingerprint density at radius 1 is 1.22 bits per heavy atom. The minimum atomic E-state index is -0.841. The summed E-state index contributed by atoms with van der Waals surface area (Å²) in [5, 5.41) is 14.4. The second-order valence-electron chi connectivity index (χ2n) is 5.60. The van der Waals surface area contributed by atoms with E-state index in [1.54, 1.807) is 23.1 Å². The fourth-order valence-corrected chi connectivity index (χ4v) is 3.07. The number of anilines is 1. The van der Waals surface area contributed by atoms with Gasteiger partial charge in [-0.1, -0.05) is 24.3 Å². The average molecular weight is 311 g/mol. The maximum atomic E-state index is 12.8. The third kappa shape index (κ3) is 2.32. The van der Waals surface area contributed by atoms with E-state index in [2.05, 4.69) is 5.32 Å². The van der Waals surface area contributed by atoms with Crippen LogP contribution in [0.2, 0.25) is 0 Å². The van der Waals surface area contributed by atoms with E-state index in [0.29, 0.717) is 17.7 Å². The summed E-state index contributed by atoms with van der Waals surface area (Å²) < 4.78 is 0. The molecule has 0 saturated carbocycles. The standard InChI is InChI=1S/C17H17N3O3/c1-3-19-16(21)14-9-4-5-10-15(14)18-17(19,2)12-7-6-8-13(11-12)20(22)23/h4-11,18H,3H2,1-2H3. The van der Waals surface area contributed by atoms with E-state index in [9.17, 15) is 14.9 Å². The first-order valence-corrected chi connectivity index (χ1v) is 7.41. The summed E-state index contributed by atoms with van der Waals surface area (Å²) in [4.78, 5) is 25.1. The zero-order chi connectivity index (χ0) is 16.6. The number of carbonyl (C=O) groups is 1. The van der Waals surface area contributed by atoms with E-state index >= 15 is 0 Å². The fourth-order valence-electron chi connectivity index (χ4n) is 3.07. The van der Waals surface area contributed by atoms with Gasteiger partial charge in [0.25, 0.3) is 11.6 Å². The summed E-state index contributed by atoms with van der Waals surface area (Å²) in [6.45, 7) is 4.24. The quantitative estimate of drug-likeness (QED) is 0.696. The first-order valence-electron chi connectivity index (χ1n) is 7.41.